The van der Waals surface area contributed by atoms with Crippen LogP contribution in [0, 0.1) is 0 Å². The predicted molar refractivity (Wildman–Crippen MR) is 120 cm³/mol. The first-order valence-electron chi connectivity index (χ1n) is 10.5. The summed E-state index contributed by atoms with van der Waals surface area (Å²) in [4.78, 5) is 50.9. The van der Waals surface area contributed by atoms with Crippen LogP contribution in [0.1, 0.15) is 47.1 Å². The molecular weight excluding hydrogens is 426 g/mol. The van der Waals surface area contributed by atoms with Gasteiger partial charge in [-0.25, -0.2) is 9.59 Å². The number of alkyl carbamates (subject to hydrolysis) is 2. The van der Waals surface area contributed by atoms with Gasteiger partial charge in [0, 0.05) is 6.54 Å². The van der Waals surface area contributed by atoms with Gasteiger partial charge >= 0.3 is 12.2 Å². The standard InChI is InChI=1S/C24H27N3O6/c1-24(2,3)33-23(31)26-17(13-25-22(30)32-15-16-9-5-4-6-10-16)14-27-20(28)18-11-7-8-12-19(18)21(27)29/h4-12,17H,13-15H2,1-3H3,(H,25,30)(H,26,31)/t17-/m0/s1. The molecule has 2 aromatic carbocycles. The number of rotatable bonds is 7. The number of imide groups is 1. The lowest BCUT2D eigenvalue weighted by molar-refractivity contribution is 0.0466. The molecule has 1 aliphatic heterocycles. The van der Waals surface area contributed by atoms with Crippen LogP contribution in [-0.4, -0.2) is 53.6 Å². The summed E-state index contributed by atoms with van der Waals surface area (Å²) >= 11 is 0. The second-order valence-electron chi connectivity index (χ2n) is 8.55. The molecule has 4 amide bonds. The molecule has 9 nitrogen and oxygen atoms in total. The molecule has 0 radical (unpaired) electrons. The Hall–Kier alpha value is -3.88. The normalized spacial score (nSPS) is 13.8. The minimum absolute atomic E-state index is 0.0786. The van der Waals surface area contributed by atoms with Crippen LogP contribution in [0.15, 0.2) is 54.6 Å². The number of nitrogens with one attached hydrogen (secondary N) is 2. The molecule has 0 aromatic heterocycles. The third-order valence-electron chi connectivity index (χ3n) is 4.71. The maximum atomic E-state index is 12.7. The molecule has 2 N–H and O–H groups in total. The van der Waals surface area contributed by atoms with E-state index in [2.05, 4.69) is 10.6 Å². The predicted octanol–water partition coefficient (Wildman–Crippen LogP) is 3.10. The van der Waals surface area contributed by atoms with Crippen LogP contribution in [0.2, 0.25) is 0 Å². The first kappa shape index (κ1) is 23.8. The Morgan fingerprint density at radius 2 is 1.48 bits per heavy atom. The van der Waals surface area contributed by atoms with Gasteiger partial charge in [-0.2, -0.15) is 0 Å². The lowest BCUT2D eigenvalue weighted by Gasteiger charge is -2.26. The summed E-state index contributed by atoms with van der Waals surface area (Å²) in [5.74, 6) is -0.920. The van der Waals surface area contributed by atoms with Crippen molar-refractivity contribution in [1.82, 2.24) is 15.5 Å². The van der Waals surface area contributed by atoms with E-state index in [9.17, 15) is 19.2 Å². The molecule has 0 spiro atoms. The van der Waals surface area contributed by atoms with Gasteiger partial charge in [-0.1, -0.05) is 42.5 Å². The van der Waals surface area contributed by atoms with Crippen molar-refractivity contribution >= 4 is 24.0 Å². The van der Waals surface area contributed by atoms with E-state index in [0.717, 1.165) is 10.5 Å². The fourth-order valence-electron chi connectivity index (χ4n) is 3.24. The smallest absolute Gasteiger partial charge is 0.407 e. The number of fused-ring (bicyclic) bond motifs is 1. The number of nitrogens with zero attached hydrogens (tertiary/aromatic N) is 1. The van der Waals surface area contributed by atoms with Crippen LogP contribution in [0.4, 0.5) is 9.59 Å². The van der Waals surface area contributed by atoms with Crippen molar-refractivity contribution in [2.75, 3.05) is 13.1 Å². The van der Waals surface area contributed by atoms with Crippen LogP contribution < -0.4 is 10.6 Å². The first-order chi connectivity index (χ1) is 15.6. The average Bonchev–Trinajstić information content (AvgIpc) is 3.00. The van der Waals surface area contributed by atoms with Crippen molar-refractivity contribution in [2.45, 2.75) is 39.0 Å². The minimum atomic E-state index is -0.800. The summed E-state index contributed by atoms with van der Waals surface area (Å²) < 4.78 is 10.5. The zero-order valence-corrected chi connectivity index (χ0v) is 18.8. The molecule has 174 valence electrons. The molecule has 2 aromatic rings. The van der Waals surface area contributed by atoms with Gasteiger partial charge in [-0.05, 0) is 38.5 Å². The summed E-state index contributed by atoms with van der Waals surface area (Å²) in [6.45, 7) is 4.99. The van der Waals surface area contributed by atoms with Crippen molar-refractivity contribution in [3.63, 3.8) is 0 Å². The molecule has 3 rings (SSSR count). The Balaban J connectivity index is 1.63. The van der Waals surface area contributed by atoms with Crippen molar-refractivity contribution in [3.8, 4) is 0 Å². The van der Waals surface area contributed by atoms with Crippen LogP contribution in [0.3, 0.4) is 0 Å². The Kier molecular flexibility index (Phi) is 7.32. The van der Waals surface area contributed by atoms with Crippen molar-refractivity contribution in [1.29, 1.82) is 0 Å². The third kappa shape index (κ3) is 6.55. The molecule has 0 fully saturated rings. The first-order valence-corrected chi connectivity index (χ1v) is 10.5. The second kappa shape index (κ2) is 10.2. The summed E-state index contributed by atoms with van der Waals surface area (Å²) in [5, 5.41) is 5.19. The number of amides is 4. The lowest BCUT2D eigenvalue weighted by atomic mass is 10.1. The highest BCUT2D eigenvalue weighted by atomic mass is 16.6. The number of benzene rings is 2. The number of hydrogen-bond donors (Lipinski definition) is 2. The number of ether oxygens (including phenoxy) is 2. The van der Waals surface area contributed by atoms with Crippen LogP contribution in [-0.2, 0) is 16.1 Å². The quantitative estimate of drug-likeness (QED) is 0.623. The largest absolute Gasteiger partial charge is 0.445 e. The molecule has 0 unspecified atom stereocenters. The molecule has 0 bridgehead atoms. The van der Waals surface area contributed by atoms with Gasteiger partial charge in [0.05, 0.1) is 23.7 Å². The topological polar surface area (TPSA) is 114 Å². The molecule has 0 saturated heterocycles. The molecular formula is C24H27N3O6. The van der Waals surface area contributed by atoms with E-state index >= 15 is 0 Å². The maximum absolute atomic E-state index is 12.7. The second-order valence-corrected chi connectivity index (χ2v) is 8.55. The fourth-order valence-corrected chi connectivity index (χ4v) is 3.24. The summed E-state index contributed by atoms with van der Waals surface area (Å²) in [6, 6.07) is 14.9. The van der Waals surface area contributed by atoms with Gasteiger partial charge in [0.2, 0.25) is 0 Å². The van der Waals surface area contributed by atoms with Crippen molar-refractivity contribution in [3.05, 3.63) is 71.3 Å². The molecule has 33 heavy (non-hydrogen) atoms. The highest BCUT2D eigenvalue weighted by Crippen LogP contribution is 2.22. The lowest BCUT2D eigenvalue weighted by Crippen LogP contribution is -2.52. The summed E-state index contributed by atoms with van der Waals surface area (Å²) in [5.41, 5.74) is 0.677. The van der Waals surface area contributed by atoms with E-state index in [1.165, 1.54) is 0 Å². The Morgan fingerprint density at radius 1 is 0.909 bits per heavy atom. The van der Waals surface area contributed by atoms with Gasteiger partial charge in [-0.15, -0.1) is 0 Å². The maximum Gasteiger partial charge on any atom is 0.407 e. The molecule has 1 atom stereocenters. The van der Waals surface area contributed by atoms with E-state index in [1.807, 2.05) is 30.3 Å². The van der Waals surface area contributed by atoms with Gasteiger partial charge < -0.3 is 20.1 Å². The minimum Gasteiger partial charge on any atom is -0.445 e. The Morgan fingerprint density at radius 3 is 2.06 bits per heavy atom. The highest BCUT2D eigenvalue weighted by molar-refractivity contribution is 6.21. The summed E-state index contributed by atoms with van der Waals surface area (Å²) in [6.07, 6.45) is -1.43. The van der Waals surface area contributed by atoms with Crippen LogP contribution >= 0.6 is 0 Å². The molecule has 9 heteroatoms. The average molecular weight is 453 g/mol. The Bertz CT molecular complexity index is 997. The number of carbonyl (C=O) groups excluding carboxylic acids is 4. The molecule has 1 aliphatic rings. The van der Waals surface area contributed by atoms with Crippen LogP contribution in [0.25, 0.3) is 0 Å². The zero-order chi connectivity index (χ0) is 24.0. The van der Waals surface area contributed by atoms with Gasteiger partial charge in [0.1, 0.15) is 12.2 Å². The fraction of sp³-hybridized carbons (Fsp3) is 0.333. The van der Waals surface area contributed by atoms with Gasteiger partial charge in [-0.3, -0.25) is 14.5 Å². The monoisotopic (exact) mass is 453 g/mol. The van der Waals surface area contributed by atoms with E-state index in [0.29, 0.717) is 11.1 Å². The van der Waals surface area contributed by atoms with Gasteiger partial charge in [0.25, 0.3) is 11.8 Å². The van der Waals surface area contributed by atoms with E-state index < -0.39 is 35.6 Å². The Labute approximate surface area is 192 Å². The summed E-state index contributed by atoms with van der Waals surface area (Å²) in [7, 11) is 0. The van der Waals surface area contributed by atoms with E-state index in [1.54, 1.807) is 45.0 Å². The van der Waals surface area contributed by atoms with Crippen molar-refractivity contribution < 1.29 is 28.7 Å². The van der Waals surface area contributed by atoms with Gasteiger partial charge in [0.15, 0.2) is 0 Å². The van der Waals surface area contributed by atoms with Crippen molar-refractivity contribution in [2.24, 2.45) is 0 Å². The van der Waals surface area contributed by atoms with E-state index in [-0.39, 0.29) is 19.7 Å². The third-order valence-corrected chi connectivity index (χ3v) is 4.71. The molecule has 0 saturated carbocycles. The zero-order valence-electron chi connectivity index (χ0n) is 18.8. The van der Waals surface area contributed by atoms with E-state index in [4.69, 9.17) is 9.47 Å². The number of hydrogen-bond acceptors (Lipinski definition) is 6. The highest BCUT2D eigenvalue weighted by Gasteiger charge is 2.37. The number of carbonyl (C=O) groups is 4. The SMILES string of the molecule is CC(C)(C)OC(=O)N[C@@H](CNC(=O)OCc1ccccc1)CN1C(=O)c2ccccc2C1=O. The van der Waals surface area contributed by atoms with Crippen LogP contribution in [0.5, 0.6) is 0 Å². The molecule has 0 aliphatic carbocycles. The molecule has 1 heterocycles.